The molecule has 1 heterocycles. The van der Waals surface area contributed by atoms with Crippen LogP contribution in [-0.4, -0.2) is 11.8 Å². The molecule has 3 nitrogen and oxygen atoms in total. The molecule has 21 heavy (non-hydrogen) atoms. The lowest BCUT2D eigenvalue weighted by atomic mass is 10.1. The molecule has 1 fully saturated rings. The monoisotopic (exact) mass is 281 g/mol. The van der Waals surface area contributed by atoms with Crippen molar-refractivity contribution in [2.75, 3.05) is 4.90 Å². The van der Waals surface area contributed by atoms with Crippen molar-refractivity contribution in [2.24, 2.45) is 0 Å². The molecule has 1 aliphatic heterocycles. The molecule has 2 aromatic rings. The van der Waals surface area contributed by atoms with Gasteiger partial charge < -0.3 is 0 Å². The highest BCUT2D eigenvalue weighted by Gasteiger charge is 2.34. The van der Waals surface area contributed by atoms with Crippen LogP contribution in [-0.2, 0) is 9.59 Å². The highest BCUT2D eigenvalue weighted by molar-refractivity contribution is 6.29. The molecule has 0 saturated carbocycles. The fourth-order valence-electron chi connectivity index (χ4n) is 2.31. The number of nitrogens with zero attached hydrogens (tertiary/aromatic N) is 1. The maximum absolute atomic E-state index is 13.6. The maximum Gasteiger partial charge on any atom is 0.261 e. The number of rotatable bonds is 2. The van der Waals surface area contributed by atoms with Crippen LogP contribution in [0.1, 0.15) is 12.0 Å². The second kappa shape index (κ2) is 5.32. The van der Waals surface area contributed by atoms with Crippen LogP contribution in [0.15, 0.2) is 60.2 Å². The first-order valence-corrected chi connectivity index (χ1v) is 6.54. The number of anilines is 1. The van der Waals surface area contributed by atoms with E-state index in [4.69, 9.17) is 0 Å². The van der Waals surface area contributed by atoms with Gasteiger partial charge in [-0.15, -0.1) is 0 Å². The van der Waals surface area contributed by atoms with E-state index in [1.165, 1.54) is 12.1 Å². The molecule has 0 atom stereocenters. The summed E-state index contributed by atoms with van der Waals surface area (Å²) in [4.78, 5) is 25.5. The predicted octanol–water partition coefficient (Wildman–Crippen LogP) is 3.17. The number of hydrogen-bond donors (Lipinski definition) is 0. The van der Waals surface area contributed by atoms with Crippen LogP contribution in [0.5, 0.6) is 0 Å². The van der Waals surface area contributed by atoms with Gasteiger partial charge in [0.1, 0.15) is 5.82 Å². The zero-order valence-corrected chi connectivity index (χ0v) is 11.1. The molecular weight excluding hydrogens is 269 g/mol. The Kier molecular flexibility index (Phi) is 3.36. The van der Waals surface area contributed by atoms with E-state index in [1.54, 1.807) is 42.5 Å². The molecule has 1 saturated heterocycles. The first kappa shape index (κ1) is 13.2. The standard InChI is InChI=1S/C17H12FNO2/c18-15-9-5-4-6-12(15)10-13-11-16(20)19(17(13)21)14-7-2-1-3-8-14/h1-10H,11H2/b13-10+. The van der Waals surface area contributed by atoms with E-state index >= 15 is 0 Å². The van der Waals surface area contributed by atoms with Crippen molar-refractivity contribution in [3.05, 3.63) is 71.6 Å². The average molecular weight is 281 g/mol. The molecule has 3 rings (SSSR count). The van der Waals surface area contributed by atoms with Gasteiger partial charge in [0, 0.05) is 11.1 Å². The lowest BCUT2D eigenvalue weighted by molar-refractivity contribution is -0.120. The summed E-state index contributed by atoms with van der Waals surface area (Å²) in [7, 11) is 0. The predicted molar refractivity (Wildman–Crippen MR) is 77.9 cm³/mol. The van der Waals surface area contributed by atoms with Gasteiger partial charge in [-0.25, -0.2) is 9.29 Å². The third kappa shape index (κ3) is 2.48. The molecule has 2 aromatic carbocycles. The Bertz CT molecular complexity index is 737. The number of amides is 2. The number of carbonyl (C=O) groups is 2. The van der Waals surface area contributed by atoms with E-state index < -0.39 is 11.7 Å². The highest BCUT2D eigenvalue weighted by Crippen LogP contribution is 2.27. The number of benzene rings is 2. The smallest absolute Gasteiger partial charge is 0.261 e. The minimum Gasteiger partial charge on any atom is -0.274 e. The minimum absolute atomic E-state index is 0.0118. The fourth-order valence-corrected chi connectivity index (χ4v) is 2.31. The molecule has 0 bridgehead atoms. The summed E-state index contributed by atoms with van der Waals surface area (Å²) in [6, 6.07) is 14.9. The third-order valence-corrected chi connectivity index (χ3v) is 3.32. The highest BCUT2D eigenvalue weighted by atomic mass is 19.1. The van der Waals surface area contributed by atoms with E-state index in [9.17, 15) is 14.0 Å². The van der Waals surface area contributed by atoms with Gasteiger partial charge >= 0.3 is 0 Å². The molecule has 0 N–H and O–H groups in total. The van der Waals surface area contributed by atoms with Crippen LogP contribution in [0.2, 0.25) is 0 Å². The van der Waals surface area contributed by atoms with Crippen LogP contribution >= 0.6 is 0 Å². The largest absolute Gasteiger partial charge is 0.274 e. The summed E-state index contributed by atoms with van der Waals surface area (Å²) < 4.78 is 13.6. The van der Waals surface area contributed by atoms with E-state index in [-0.39, 0.29) is 12.3 Å². The van der Waals surface area contributed by atoms with Crippen molar-refractivity contribution < 1.29 is 14.0 Å². The van der Waals surface area contributed by atoms with Crippen LogP contribution in [0.3, 0.4) is 0 Å². The van der Waals surface area contributed by atoms with Crippen LogP contribution in [0, 0.1) is 5.82 Å². The normalized spacial score (nSPS) is 16.8. The van der Waals surface area contributed by atoms with Gasteiger partial charge in [-0.2, -0.15) is 0 Å². The van der Waals surface area contributed by atoms with Crippen molar-refractivity contribution >= 4 is 23.6 Å². The average Bonchev–Trinajstić information content (AvgIpc) is 2.77. The topological polar surface area (TPSA) is 37.4 Å². The molecule has 2 amide bonds. The van der Waals surface area contributed by atoms with E-state index in [0.717, 1.165) is 4.90 Å². The molecule has 0 aromatic heterocycles. The van der Waals surface area contributed by atoms with Gasteiger partial charge in [0.15, 0.2) is 0 Å². The molecule has 0 spiro atoms. The van der Waals surface area contributed by atoms with Gasteiger partial charge in [0.2, 0.25) is 5.91 Å². The van der Waals surface area contributed by atoms with Crippen molar-refractivity contribution in [1.29, 1.82) is 0 Å². The Morgan fingerprint density at radius 2 is 1.62 bits per heavy atom. The molecular formula is C17H12FNO2. The van der Waals surface area contributed by atoms with Crippen LogP contribution < -0.4 is 4.90 Å². The zero-order chi connectivity index (χ0) is 14.8. The van der Waals surface area contributed by atoms with Gasteiger partial charge in [0.05, 0.1) is 12.1 Å². The third-order valence-electron chi connectivity index (χ3n) is 3.32. The molecule has 4 heteroatoms. The summed E-state index contributed by atoms with van der Waals surface area (Å²) in [5.41, 5.74) is 1.14. The zero-order valence-electron chi connectivity index (χ0n) is 11.1. The summed E-state index contributed by atoms with van der Waals surface area (Å²) in [5, 5.41) is 0. The van der Waals surface area contributed by atoms with Crippen molar-refractivity contribution in [3.63, 3.8) is 0 Å². The fraction of sp³-hybridized carbons (Fsp3) is 0.0588. The summed E-state index contributed by atoms with van der Waals surface area (Å²) in [5.74, 6) is -1.10. The number of halogens is 1. The molecule has 0 radical (unpaired) electrons. The Morgan fingerprint density at radius 3 is 2.33 bits per heavy atom. The minimum atomic E-state index is -0.414. The number of carbonyl (C=O) groups excluding carboxylic acids is 2. The molecule has 104 valence electrons. The van der Waals surface area contributed by atoms with Crippen LogP contribution in [0.4, 0.5) is 10.1 Å². The number of para-hydroxylation sites is 1. The van der Waals surface area contributed by atoms with Crippen LogP contribution in [0.25, 0.3) is 6.08 Å². The summed E-state index contributed by atoms with van der Waals surface area (Å²) in [6.07, 6.45) is 1.43. The molecule has 1 aliphatic rings. The van der Waals surface area contributed by atoms with E-state index in [1.807, 2.05) is 6.07 Å². The first-order chi connectivity index (χ1) is 10.2. The van der Waals surface area contributed by atoms with Gasteiger partial charge in [-0.3, -0.25) is 9.59 Å². The first-order valence-electron chi connectivity index (χ1n) is 6.54. The van der Waals surface area contributed by atoms with Gasteiger partial charge in [-0.05, 0) is 24.3 Å². The lowest BCUT2D eigenvalue weighted by Gasteiger charge is -2.12. The number of hydrogen-bond acceptors (Lipinski definition) is 2. The number of imide groups is 1. The molecule has 0 aliphatic carbocycles. The SMILES string of the molecule is O=C1C/C(=C\c2ccccc2F)C(=O)N1c1ccccc1. The Labute approximate surface area is 121 Å². The Morgan fingerprint density at radius 1 is 0.952 bits per heavy atom. The second-order valence-electron chi connectivity index (χ2n) is 4.74. The van der Waals surface area contributed by atoms with Crippen molar-refractivity contribution in [2.45, 2.75) is 6.42 Å². The Balaban J connectivity index is 1.96. The van der Waals surface area contributed by atoms with E-state index in [2.05, 4.69) is 0 Å². The summed E-state index contributed by atoms with van der Waals surface area (Å²) >= 11 is 0. The van der Waals surface area contributed by atoms with Gasteiger partial charge in [0.25, 0.3) is 5.91 Å². The quantitative estimate of drug-likeness (QED) is 0.626. The Hall–Kier alpha value is -2.75. The van der Waals surface area contributed by atoms with E-state index in [0.29, 0.717) is 16.8 Å². The van der Waals surface area contributed by atoms with Crippen molar-refractivity contribution in [1.82, 2.24) is 0 Å². The lowest BCUT2D eigenvalue weighted by Crippen LogP contribution is -2.28. The van der Waals surface area contributed by atoms with Crippen molar-refractivity contribution in [3.8, 4) is 0 Å². The van der Waals surface area contributed by atoms with Gasteiger partial charge in [-0.1, -0.05) is 36.4 Å². The second-order valence-corrected chi connectivity index (χ2v) is 4.74. The maximum atomic E-state index is 13.6. The molecule has 0 unspecified atom stereocenters. The summed E-state index contributed by atoms with van der Waals surface area (Å²) in [6.45, 7) is 0.